The summed E-state index contributed by atoms with van der Waals surface area (Å²) >= 11 is 0. The molecule has 0 aliphatic rings. The summed E-state index contributed by atoms with van der Waals surface area (Å²) in [5.41, 5.74) is 1.61. The fraction of sp³-hybridized carbons (Fsp3) is 0.400. The van der Waals surface area contributed by atoms with Gasteiger partial charge < -0.3 is 15.2 Å². The molecular weight excluding hydrogens is 238 g/mol. The maximum atomic E-state index is 12.0. The summed E-state index contributed by atoms with van der Waals surface area (Å²) in [7, 11) is 2.06. The minimum Gasteiger partial charge on any atom is -0.351 e. The third-order valence-corrected chi connectivity index (χ3v) is 3.41. The van der Waals surface area contributed by atoms with Crippen molar-refractivity contribution in [3.05, 3.63) is 36.0 Å². The van der Waals surface area contributed by atoms with Gasteiger partial charge in [0.2, 0.25) is 0 Å². The summed E-state index contributed by atoms with van der Waals surface area (Å²) in [6.07, 6.45) is 0. The fourth-order valence-electron chi connectivity index (χ4n) is 1.89. The van der Waals surface area contributed by atoms with Gasteiger partial charge in [-0.05, 0) is 33.0 Å². The molecule has 0 spiro atoms. The summed E-state index contributed by atoms with van der Waals surface area (Å²) < 4.78 is 0. The zero-order valence-electron chi connectivity index (χ0n) is 11.7. The Morgan fingerprint density at radius 2 is 2.11 bits per heavy atom. The topological polar surface area (TPSA) is 48.1 Å². The number of fused-ring (bicyclic) bond motifs is 1. The van der Waals surface area contributed by atoms with E-state index in [0.717, 1.165) is 17.4 Å². The SMILES string of the molecule is CC(C)N(C)CCNC(=O)c1cc2ccccc2[nH]1. The van der Waals surface area contributed by atoms with Gasteiger partial charge >= 0.3 is 0 Å². The van der Waals surface area contributed by atoms with Crippen LogP contribution in [0.3, 0.4) is 0 Å². The molecule has 0 unspecified atom stereocenters. The summed E-state index contributed by atoms with van der Waals surface area (Å²) in [4.78, 5) is 17.3. The number of aromatic nitrogens is 1. The number of nitrogens with one attached hydrogen (secondary N) is 2. The normalized spacial score (nSPS) is 11.4. The quantitative estimate of drug-likeness (QED) is 0.865. The Labute approximate surface area is 113 Å². The highest BCUT2D eigenvalue weighted by molar-refractivity contribution is 5.97. The first-order chi connectivity index (χ1) is 9.08. The highest BCUT2D eigenvalue weighted by Gasteiger charge is 2.09. The largest absolute Gasteiger partial charge is 0.351 e. The monoisotopic (exact) mass is 259 g/mol. The minimum atomic E-state index is -0.0478. The molecule has 2 aromatic rings. The van der Waals surface area contributed by atoms with Gasteiger partial charge in [-0.15, -0.1) is 0 Å². The summed E-state index contributed by atoms with van der Waals surface area (Å²) in [5.74, 6) is -0.0478. The van der Waals surface area contributed by atoms with Crippen molar-refractivity contribution in [2.24, 2.45) is 0 Å². The van der Waals surface area contributed by atoms with Gasteiger partial charge in [0.25, 0.3) is 5.91 Å². The van der Waals surface area contributed by atoms with Gasteiger partial charge in [0.1, 0.15) is 5.69 Å². The number of nitrogens with zero attached hydrogens (tertiary/aromatic N) is 1. The zero-order chi connectivity index (χ0) is 13.8. The smallest absolute Gasteiger partial charge is 0.267 e. The molecule has 2 N–H and O–H groups in total. The number of carbonyl (C=O) groups is 1. The number of amides is 1. The number of para-hydroxylation sites is 1. The van der Waals surface area contributed by atoms with Crippen LogP contribution in [0.2, 0.25) is 0 Å². The van der Waals surface area contributed by atoms with E-state index in [-0.39, 0.29) is 5.91 Å². The molecule has 4 heteroatoms. The standard InChI is InChI=1S/C15H21N3O/c1-11(2)18(3)9-8-16-15(19)14-10-12-6-4-5-7-13(12)17-14/h4-7,10-11,17H,8-9H2,1-3H3,(H,16,19). The lowest BCUT2D eigenvalue weighted by Crippen LogP contribution is -2.36. The lowest BCUT2D eigenvalue weighted by Gasteiger charge is -2.20. The van der Waals surface area contributed by atoms with Crippen LogP contribution in [0.15, 0.2) is 30.3 Å². The average molecular weight is 259 g/mol. The number of hydrogen-bond acceptors (Lipinski definition) is 2. The second-order valence-electron chi connectivity index (χ2n) is 5.10. The Morgan fingerprint density at radius 1 is 1.37 bits per heavy atom. The molecule has 102 valence electrons. The van der Waals surface area contributed by atoms with Crippen molar-refractivity contribution in [3.8, 4) is 0 Å². The van der Waals surface area contributed by atoms with Crippen LogP contribution in [0.5, 0.6) is 0 Å². The highest BCUT2D eigenvalue weighted by atomic mass is 16.1. The molecule has 1 aromatic carbocycles. The van der Waals surface area contributed by atoms with Gasteiger partial charge in [0, 0.05) is 30.0 Å². The molecule has 1 heterocycles. The maximum absolute atomic E-state index is 12.0. The van der Waals surface area contributed by atoms with Crippen molar-refractivity contribution in [3.63, 3.8) is 0 Å². The molecule has 0 saturated carbocycles. The second-order valence-corrected chi connectivity index (χ2v) is 5.10. The lowest BCUT2D eigenvalue weighted by atomic mass is 10.2. The van der Waals surface area contributed by atoms with Crippen molar-refractivity contribution < 1.29 is 4.79 Å². The molecule has 2 rings (SSSR count). The van der Waals surface area contributed by atoms with Gasteiger partial charge in [-0.3, -0.25) is 4.79 Å². The Hall–Kier alpha value is -1.81. The van der Waals surface area contributed by atoms with E-state index >= 15 is 0 Å². The van der Waals surface area contributed by atoms with E-state index in [4.69, 9.17) is 0 Å². The minimum absolute atomic E-state index is 0.0478. The van der Waals surface area contributed by atoms with Crippen LogP contribution in [0.25, 0.3) is 10.9 Å². The summed E-state index contributed by atoms with van der Waals surface area (Å²) in [6, 6.07) is 10.3. The number of benzene rings is 1. The zero-order valence-corrected chi connectivity index (χ0v) is 11.7. The number of carbonyl (C=O) groups excluding carboxylic acids is 1. The molecule has 0 aliphatic carbocycles. The van der Waals surface area contributed by atoms with E-state index in [9.17, 15) is 4.79 Å². The molecule has 19 heavy (non-hydrogen) atoms. The van der Waals surface area contributed by atoms with Crippen molar-refractivity contribution in [1.82, 2.24) is 15.2 Å². The number of aromatic amines is 1. The summed E-state index contributed by atoms with van der Waals surface area (Å²) in [5, 5.41) is 4.00. The van der Waals surface area contributed by atoms with Crippen molar-refractivity contribution in [2.45, 2.75) is 19.9 Å². The molecule has 1 amide bonds. The van der Waals surface area contributed by atoms with E-state index in [1.165, 1.54) is 0 Å². The predicted molar refractivity (Wildman–Crippen MR) is 78.4 cm³/mol. The van der Waals surface area contributed by atoms with Crippen LogP contribution in [-0.2, 0) is 0 Å². The first-order valence-electron chi connectivity index (χ1n) is 6.64. The first-order valence-corrected chi connectivity index (χ1v) is 6.64. The van der Waals surface area contributed by atoms with Crippen LogP contribution in [0.4, 0.5) is 0 Å². The van der Waals surface area contributed by atoms with Crippen molar-refractivity contribution >= 4 is 16.8 Å². The Kier molecular flexibility index (Phi) is 4.22. The van der Waals surface area contributed by atoms with Crippen molar-refractivity contribution in [1.29, 1.82) is 0 Å². The van der Waals surface area contributed by atoms with Crippen LogP contribution >= 0.6 is 0 Å². The second kappa shape index (κ2) is 5.89. The van der Waals surface area contributed by atoms with Crippen LogP contribution in [0.1, 0.15) is 24.3 Å². The fourth-order valence-corrected chi connectivity index (χ4v) is 1.89. The lowest BCUT2D eigenvalue weighted by molar-refractivity contribution is 0.0944. The van der Waals surface area contributed by atoms with E-state index < -0.39 is 0 Å². The number of H-pyrrole nitrogens is 1. The van der Waals surface area contributed by atoms with E-state index in [1.54, 1.807) is 0 Å². The molecule has 0 aliphatic heterocycles. The van der Waals surface area contributed by atoms with Gasteiger partial charge in [0.05, 0.1) is 0 Å². The molecule has 0 radical (unpaired) electrons. The van der Waals surface area contributed by atoms with Gasteiger partial charge in [-0.1, -0.05) is 18.2 Å². The molecule has 0 saturated heterocycles. The number of hydrogen-bond donors (Lipinski definition) is 2. The summed E-state index contributed by atoms with van der Waals surface area (Å²) in [6.45, 7) is 5.78. The number of rotatable bonds is 5. The average Bonchev–Trinajstić information content (AvgIpc) is 2.82. The van der Waals surface area contributed by atoms with Crippen molar-refractivity contribution in [2.75, 3.05) is 20.1 Å². The van der Waals surface area contributed by atoms with E-state index in [2.05, 4.69) is 36.1 Å². The Morgan fingerprint density at radius 3 is 2.79 bits per heavy atom. The van der Waals surface area contributed by atoms with E-state index in [1.807, 2.05) is 30.3 Å². The van der Waals surface area contributed by atoms with Crippen LogP contribution in [-0.4, -0.2) is 42.0 Å². The molecule has 0 fully saturated rings. The molecule has 4 nitrogen and oxygen atoms in total. The first kappa shape index (κ1) is 13.6. The van der Waals surface area contributed by atoms with Gasteiger partial charge in [-0.2, -0.15) is 0 Å². The third-order valence-electron chi connectivity index (χ3n) is 3.41. The highest BCUT2D eigenvalue weighted by Crippen LogP contribution is 2.14. The third kappa shape index (κ3) is 3.35. The number of likely N-dealkylation sites (N-methyl/N-ethyl adjacent to an activating group) is 1. The predicted octanol–water partition coefficient (Wildman–Crippen LogP) is 2.24. The Balaban J connectivity index is 1.93. The van der Waals surface area contributed by atoms with E-state index in [0.29, 0.717) is 18.3 Å². The molecule has 0 atom stereocenters. The molecule has 0 bridgehead atoms. The van der Waals surface area contributed by atoms with Gasteiger partial charge in [0.15, 0.2) is 0 Å². The Bertz CT molecular complexity index is 526. The van der Waals surface area contributed by atoms with Crippen LogP contribution < -0.4 is 5.32 Å². The van der Waals surface area contributed by atoms with Crippen LogP contribution in [0, 0.1) is 0 Å². The maximum Gasteiger partial charge on any atom is 0.267 e. The molecular formula is C15H21N3O. The molecule has 1 aromatic heterocycles. The van der Waals surface area contributed by atoms with Gasteiger partial charge in [-0.25, -0.2) is 0 Å².